The topological polar surface area (TPSA) is 77.1 Å². The molecule has 7 nitrogen and oxygen atoms in total. The molecule has 0 bridgehead atoms. The van der Waals surface area contributed by atoms with Gasteiger partial charge in [-0.25, -0.2) is 8.78 Å². The van der Waals surface area contributed by atoms with E-state index in [-0.39, 0.29) is 12.2 Å². The van der Waals surface area contributed by atoms with Crippen LogP contribution >= 0.6 is 0 Å². The van der Waals surface area contributed by atoms with Gasteiger partial charge in [-0.2, -0.15) is 0 Å². The number of hydrogen-bond acceptors (Lipinski definition) is 5. The van der Waals surface area contributed by atoms with Crippen molar-refractivity contribution in [1.82, 2.24) is 0 Å². The first-order valence-corrected chi connectivity index (χ1v) is 8.13. The third-order valence-corrected chi connectivity index (χ3v) is 3.85. The molecule has 0 atom stereocenters. The van der Waals surface area contributed by atoms with Crippen LogP contribution in [0.15, 0.2) is 30.3 Å². The monoisotopic (exact) mass is 394 g/mol. The molecule has 0 radical (unpaired) electrons. The highest BCUT2D eigenvalue weighted by molar-refractivity contribution is 6.02. The zero-order valence-electron chi connectivity index (χ0n) is 15.8. The van der Waals surface area contributed by atoms with Crippen LogP contribution in [0.25, 0.3) is 0 Å². The summed E-state index contributed by atoms with van der Waals surface area (Å²) in [6.07, 6.45) is 0. The number of hydrogen-bond donors (Lipinski definition) is 1. The van der Waals surface area contributed by atoms with E-state index in [0.29, 0.717) is 22.9 Å². The van der Waals surface area contributed by atoms with E-state index in [1.807, 2.05) is 0 Å². The molecule has 9 heteroatoms. The van der Waals surface area contributed by atoms with E-state index in [1.54, 1.807) is 0 Å². The Kier molecular flexibility index (Phi) is 6.75. The molecule has 2 aromatic rings. The molecule has 0 saturated carbocycles. The second-order valence-electron chi connectivity index (χ2n) is 5.67. The Morgan fingerprint density at radius 1 is 0.964 bits per heavy atom. The quantitative estimate of drug-likeness (QED) is 0.781. The molecule has 150 valence electrons. The molecule has 0 aliphatic heterocycles. The van der Waals surface area contributed by atoms with Crippen molar-refractivity contribution in [2.45, 2.75) is 6.92 Å². The van der Waals surface area contributed by atoms with Gasteiger partial charge in [0.2, 0.25) is 17.6 Å². The van der Waals surface area contributed by atoms with Crippen molar-refractivity contribution in [2.75, 3.05) is 38.1 Å². The lowest BCUT2D eigenvalue weighted by Crippen LogP contribution is -2.36. The van der Waals surface area contributed by atoms with Gasteiger partial charge in [-0.05, 0) is 12.1 Å². The fourth-order valence-electron chi connectivity index (χ4n) is 2.53. The van der Waals surface area contributed by atoms with Gasteiger partial charge >= 0.3 is 0 Å². The van der Waals surface area contributed by atoms with E-state index in [1.165, 1.54) is 51.4 Å². The van der Waals surface area contributed by atoms with Crippen LogP contribution < -0.4 is 24.4 Å². The average Bonchev–Trinajstić information content (AvgIpc) is 2.67. The van der Waals surface area contributed by atoms with Crippen LogP contribution in [0.5, 0.6) is 17.2 Å². The molecule has 1 N–H and O–H groups in total. The molecular weight excluding hydrogens is 374 g/mol. The minimum atomic E-state index is -1.09. The number of amides is 2. The van der Waals surface area contributed by atoms with Crippen LogP contribution in [0, 0.1) is 11.6 Å². The van der Waals surface area contributed by atoms with Crippen molar-refractivity contribution < 1.29 is 32.6 Å². The average molecular weight is 394 g/mol. The highest BCUT2D eigenvalue weighted by Gasteiger charge is 2.21. The van der Waals surface area contributed by atoms with E-state index in [2.05, 4.69) is 5.32 Å². The minimum absolute atomic E-state index is 0.0669. The van der Waals surface area contributed by atoms with Crippen LogP contribution in [0.2, 0.25) is 0 Å². The third-order valence-electron chi connectivity index (χ3n) is 3.85. The van der Waals surface area contributed by atoms with Gasteiger partial charge in [-0.3, -0.25) is 9.59 Å². The number of rotatable bonds is 7. The summed E-state index contributed by atoms with van der Waals surface area (Å²) in [6, 6.07) is 6.01. The number of benzene rings is 2. The summed E-state index contributed by atoms with van der Waals surface area (Å²) in [5, 5.41) is 2.42. The van der Waals surface area contributed by atoms with Crippen LogP contribution in [0.3, 0.4) is 0 Å². The first-order chi connectivity index (χ1) is 13.3. The molecule has 0 aliphatic carbocycles. The molecule has 2 amide bonds. The number of carbonyl (C=O) groups excluding carboxylic acids is 2. The van der Waals surface area contributed by atoms with Gasteiger partial charge in [0.25, 0.3) is 0 Å². The summed E-state index contributed by atoms with van der Waals surface area (Å²) in [4.78, 5) is 25.6. The van der Waals surface area contributed by atoms with Gasteiger partial charge in [0.15, 0.2) is 23.1 Å². The summed E-state index contributed by atoms with van der Waals surface area (Å²) < 4.78 is 42.0. The zero-order chi connectivity index (χ0) is 20.8. The van der Waals surface area contributed by atoms with Gasteiger partial charge < -0.3 is 24.4 Å². The maximum absolute atomic E-state index is 13.3. The lowest BCUT2D eigenvalue weighted by Gasteiger charge is -2.23. The summed E-state index contributed by atoms with van der Waals surface area (Å²) in [7, 11) is 4.29. The summed E-state index contributed by atoms with van der Waals surface area (Å²) in [5.74, 6) is -2.19. The number of anilines is 2. The number of nitrogens with zero attached hydrogens (tertiary/aromatic N) is 1. The molecule has 0 spiro atoms. The molecule has 2 rings (SSSR count). The van der Waals surface area contributed by atoms with Crippen molar-refractivity contribution in [3.63, 3.8) is 0 Å². The van der Waals surface area contributed by atoms with Crippen molar-refractivity contribution in [2.24, 2.45) is 0 Å². The van der Waals surface area contributed by atoms with Crippen molar-refractivity contribution in [3.05, 3.63) is 42.0 Å². The second kappa shape index (κ2) is 9.03. The molecular formula is C19H20F2N2O5. The number of nitrogens with one attached hydrogen (secondary N) is 1. The Morgan fingerprint density at radius 2 is 1.57 bits per heavy atom. The summed E-state index contributed by atoms with van der Waals surface area (Å²) >= 11 is 0. The summed E-state index contributed by atoms with van der Waals surface area (Å²) in [6.45, 7) is 0.918. The second-order valence-corrected chi connectivity index (χ2v) is 5.67. The minimum Gasteiger partial charge on any atom is -0.493 e. The standard InChI is InChI=1S/C19H20F2N2O5/c1-11(24)23(10-18(25)22-12-5-6-14(20)15(21)7-12)13-8-16(26-2)19(28-4)17(9-13)27-3/h5-9H,10H2,1-4H3,(H,22,25). The number of ether oxygens (including phenoxy) is 3. The lowest BCUT2D eigenvalue weighted by atomic mass is 10.2. The molecule has 0 aromatic heterocycles. The van der Waals surface area contributed by atoms with E-state index in [0.717, 1.165) is 12.1 Å². The number of carbonyl (C=O) groups is 2. The molecule has 0 heterocycles. The maximum Gasteiger partial charge on any atom is 0.244 e. The van der Waals surface area contributed by atoms with Crippen LogP contribution in [0.4, 0.5) is 20.2 Å². The van der Waals surface area contributed by atoms with Crippen molar-refractivity contribution >= 4 is 23.2 Å². The highest BCUT2D eigenvalue weighted by atomic mass is 19.2. The molecule has 0 unspecified atom stereocenters. The van der Waals surface area contributed by atoms with Gasteiger partial charge in [0, 0.05) is 30.8 Å². The number of methoxy groups -OCH3 is 3. The highest BCUT2D eigenvalue weighted by Crippen LogP contribution is 2.41. The molecule has 0 fully saturated rings. The van der Waals surface area contributed by atoms with Crippen LogP contribution in [-0.4, -0.2) is 39.7 Å². The lowest BCUT2D eigenvalue weighted by molar-refractivity contribution is -0.120. The Morgan fingerprint density at radius 3 is 2.04 bits per heavy atom. The predicted octanol–water partition coefficient (Wildman–Crippen LogP) is 2.98. The van der Waals surface area contributed by atoms with Gasteiger partial charge in [0.05, 0.1) is 27.0 Å². The summed E-state index contributed by atoms with van der Waals surface area (Å²) in [5.41, 5.74) is 0.403. The van der Waals surface area contributed by atoms with E-state index < -0.39 is 23.4 Å². The smallest absolute Gasteiger partial charge is 0.244 e. The van der Waals surface area contributed by atoms with Crippen molar-refractivity contribution in [1.29, 1.82) is 0 Å². The maximum atomic E-state index is 13.3. The first-order valence-electron chi connectivity index (χ1n) is 8.13. The fraction of sp³-hybridized carbons (Fsp3) is 0.263. The molecule has 0 saturated heterocycles. The van der Waals surface area contributed by atoms with Gasteiger partial charge in [-0.15, -0.1) is 0 Å². The first kappa shape index (κ1) is 20.9. The number of halogens is 2. The fourth-order valence-corrected chi connectivity index (χ4v) is 2.53. The van der Waals surface area contributed by atoms with E-state index >= 15 is 0 Å². The molecule has 28 heavy (non-hydrogen) atoms. The SMILES string of the molecule is COc1cc(N(CC(=O)Nc2ccc(F)c(F)c2)C(C)=O)cc(OC)c1OC. The molecule has 0 aliphatic rings. The van der Waals surface area contributed by atoms with Crippen LogP contribution in [0.1, 0.15) is 6.92 Å². The Hall–Kier alpha value is -3.36. The largest absolute Gasteiger partial charge is 0.493 e. The van der Waals surface area contributed by atoms with Gasteiger partial charge in [0.1, 0.15) is 6.54 Å². The Bertz CT molecular complexity index is 864. The van der Waals surface area contributed by atoms with E-state index in [9.17, 15) is 18.4 Å². The Labute approximate surface area is 160 Å². The Balaban J connectivity index is 2.29. The van der Waals surface area contributed by atoms with Crippen molar-refractivity contribution in [3.8, 4) is 17.2 Å². The van der Waals surface area contributed by atoms with Gasteiger partial charge in [-0.1, -0.05) is 0 Å². The van der Waals surface area contributed by atoms with Crippen LogP contribution in [-0.2, 0) is 9.59 Å². The van der Waals surface area contributed by atoms with E-state index in [4.69, 9.17) is 14.2 Å². The molecule has 2 aromatic carbocycles. The third kappa shape index (κ3) is 4.67. The normalized spacial score (nSPS) is 10.2. The zero-order valence-corrected chi connectivity index (χ0v) is 15.8. The predicted molar refractivity (Wildman–Crippen MR) is 99.1 cm³/mol.